The van der Waals surface area contributed by atoms with E-state index in [1.807, 2.05) is 0 Å². The third-order valence-electron chi connectivity index (χ3n) is 2.06. The van der Waals surface area contributed by atoms with Gasteiger partial charge in [-0.15, -0.1) is 0 Å². The van der Waals surface area contributed by atoms with Gasteiger partial charge in [-0.2, -0.15) is 17.6 Å². The van der Waals surface area contributed by atoms with Crippen LogP contribution >= 0.6 is 23.2 Å². The summed E-state index contributed by atoms with van der Waals surface area (Å²) in [5, 5.41) is -8.27. The van der Waals surface area contributed by atoms with Crippen molar-refractivity contribution in [2.24, 2.45) is 0 Å². The third kappa shape index (κ3) is 5.09. The van der Waals surface area contributed by atoms with E-state index in [9.17, 15) is 26.3 Å². The van der Waals surface area contributed by atoms with Crippen LogP contribution in [0.3, 0.4) is 0 Å². The monoisotopic (exact) mass is 334 g/mol. The molecule has 0 fully saturated rings. The lowest BCUT2D eigenvalue weighted by molar-refractivity contribution is 0.111. The topological polar surface area (TPSA) is 0 Å². The van der Waals surface area contributed by atoms with Crippen LogP contribution in [0.5, 0.6) is 0 Å². The fourth-order valence-electron chi connectivity index (χ4n) is 1.14. The van der Waals surface area contributed by atoms with E-state index in [-0.39, 0.29) is 11.1 Å². The van der Waals surface area contributed by atoms with E-state index in [2.05, 4.69) is 23.2 Å². The second-order valence-corrected chi connectivity index (χ2v) is 4.60. The summed E-state index contributed by atoms with van der Waals surface area (Å²) in [4.78, 5) is 0. The summed E-state index contributed by atoms with van der Waals surface area (Å²) in [7, 11) is 0. The van der Waals surface area contributed by atoms with Crippen LogP contribution in [0.1, 0.15) is 11.1 Å². The minimum Gasteiger partial charge on any atom is -0.204 e. The Hall–Kier alpha value is -1.14. The van der Waals surface area contributed by atoms with Crippen LogP contribution in [0.15, 0.2) is 35.9 Å². The van der Waals surface area contributed by atoms with Gasteiger partial charge in [-0.1, -0.05) is 24.3 Å². The number of rotatable bonds is 4. The minimum atomic E-state index is -4.13. The Balaban J connectivity index is 2.96. The van der Waals surface area contributed by atoms with Gasteiger partial charge < -0.3 is 0 Å². The van der Waals surface area contributed by atoms with Crippen LogP contribution < -0.4 is 0 Å². The average molecular weight is 335 g/mol. The molecule has 0 aromatic heterocycles. The predicted molar refractivity (Wildman–Crippen MR) is 66.2 cm³/mol. The van der Waals surface area contributed by atoms with E-state index in [1.54, 1.807) is 0 Å². The van der Waals surface area contributed by atoms with Gasteiger partial charge in [0, 0.05) is 0 Å². The normalized spacial score (nSPS) is 14.6. The van der Waals surface area contributed by atoms with Crippen LogP contribution in [0, 0.1) is 0 Å². The van der Waals surface area contributed by atoms with Gasteiger partial charge in [0.25, 0.3) is 0 Å². The van der Waals surface area contributed by atoms with Gasteiger partial charge in [0.05, 0.1) is 0 Å². The first-order valence-corrected chi connectivity index (χ1v) is 5.74. The third-order valence-corrected chi connectivity index (χ3v) is 2.43. The molecule has 0 bridgehead atoms. The number of benzene rings is 1. The van der Waals surface area contributed by atoms with Gasteiger partial charge in [0.15, 0.2) is 11.7 Å². The lowest BCUT2D eigenvalue weighted by Crippen LogP contribution is -2.05. The largest absolute Gasteiger partial charge is 0.373 e. The van der Waals surface area contributed by atoms with Gasteiger partial charge in [-0.25, -0.2) is 8.78 Å². The van der Waals surface area contributed by atoms with Crippen LogP contribution in [0.25, 0.3) is 12.2 Å². The van der Waals surface area contributed by atoms with Gasteiger partial charge in [-0.3, -0.25) is 0 Å². The van der Waals surface area contributed by atoms with Crippen LogP contribution in [-0.4, -0.2) is 10.8 Å². The maximum Gasteiger partial charge on any atom is 0.373 e. The molecular weight excluding hydrogens is 329 g/mol. The second-order valence-electron chi connectivity index (χ2n) is 3.65. The SMILES string of the molecule is F/C(=C\c1ccc(/C=C(\F)C(F)(F)Cl)cc1)C(F)(F)Cl. The van der Waals surface area contributed by atoms with Crippen LogP contribution in [0.2, 0.25) is 0 Å². The highest BCUT2D eigenvalue weighted by Gasteiger charge is 2.32. The maximum absolute atomic E-state index is 12.9. The van der Waals surface area contributed by atoms with E-state index >= 15 is 0 Å². The Kier molecular flexibility index (Phi) is 5.15. The molecule has 20 heavy (non-hydrogen) atoms. The predicted octanol–water partition coefficient (Wildman–Crippen LogP) is 5.97. The summed E-state index contributed by atoms with van der Waals surface area (Å²) >= 11 is 8.90. The first-order chi connectivity index (χ1) is 9.00. The molecule has 0 radical (unpaired) electrons. The Bertz CT molecular complexity index is 473. The molecule has 0 saturated carbocycles. The van der Waals surface area contributed by atoms with E-state index < -0.39 is 22.4 Å². The van der Waals surface area contributed by atoms with Gasteiger partial charge in [0.1, 0.15) is 0 Å². The zero-order valence-corrected chi connectivity index (χ0v) is 11.0. The van der Waals surface area contributed by atoms with Crippen molar-refractivity contribution in [1.82, 2.24) is 0 Å². The average Bonchev–Trinajstić information content (AvgIpc) is 2.29. The van der Waals surface area contributed by atoms with E-state index in [0.29, 0.717) is 12.2 Å². The Morgan fingerprint density at radius 2 is 1.00 bits per heavy atom. The lowest BCUT2D eigenvalue weighted by Gasteiger charge is -2.05. The fraction of sp³-hybridized carbons (Fsp3) is 0.167. The van der Waals surface area contributed by atoms with E-state index in [4.69, 9.17) is 0 Å². The molecule has 1 aromatic carbocycles. The zero-order chi connectivity index (χ0) is 15.6. The van der Waals surface area contributed by atoms with E-state index in [0.717, 1.165) is 24.3 Å². The molecule has 0 N–H and O–H groups in total. The van der Waals surface area contributed by atoms with Crippen molar-refractivity contribution >= 4 is 35.4 Å². The van der Waals surface area contributed by atoms with Crippen molar-refractivity contribution < 1.29 is 26.3 Å². The fourth-order valence-corrected chi connectivity index (χ4v) is 1.25. The summed E-state index contributed by atoms with van der Waals surface area (Å²) in [6, 6.07) is 4.47. The van der Waals surface area contributed by atoms with Crippen LogP contribution in [0.4, 0.5) is 26.3 Å². The molecule has 0 nitrogen and oxygen atoms in total. The minimum absolute atomic E-state index is 0.00184. The molecule has 0 aliphatic heterocycles. The highest BCUT2D eigenvalue weighted by Crippen LogP contribution is 2.32. The Morgan fingerprint density at radius 1 is 0.750 bits per heavy atom. The summed E-state index contributed by atoms with van der Waals surface area (Å²) in [6.07, 6.45) is 0.931. The molecule has 0 atom stereocenters. The number of halogens is 8. The first-order valence-electron chi connectivity index (χ1n) is 4.99. The summed E-state index contributed by atoms with van der Waals surface area (Å²) in [5.41, 5.74) is -0.00367. The molecule has 1 aromatic rings. The second kappa shape index (κ2) is 6.10. The van der Waals surface area contributed by atoms with E-state index in [1.165, 1.54) is 0 Å². The Morgan fingerprint density at radius 3 is 1.20 bits per heavy atom. The molecule has 0 saturated heterocycles. The van der Waals surface area contributed by atoms with Gasteiger partial charge in [-0.05, 0) is 46.5 Å². The first kappa shape index (κ1) is 16.9. The molecule has 0 amide bonds. The highest BCUT2D eigenvalue weighted by molar-refractivity contribution is 6.23. The standard InChI is InChI=1S/C12H6Cl2F6/c13-11(17,18)9(15)5-7-1-2-8(4-3-7)6-10(16)12(14,19)20/h1-6H/b9-5-,10-6-. The summed E-state index contributed by atoms with van der Waals surface area (Å²) in [6.45, 7) is 0. The zero-order valence-electron chi connectivity index (χ0n) is 9.49. The molecule has 0 aliphatic carbocycles. The molecule has 0 heterocycles. The van der Waals surface area contributed by atoms with Crippen molar-refractivity contribution in [3.05, 3.63) is 47.0 Å². The quantitative estimate of drug-likeness (QED) is 0.470. The number of hydrogen-bond acceptors (Lipinski definition) is 0. The summed E-state index contributed by atoms with van der Waals surface area (Å²) in [5.74, 6) is -3.75. The smallest absolute Gasteiger partial charge is 0.204 e. The van der Waals surface area contributed by atoms with Crippen molar-refractivity contribution in [1.29, 1.82) is 0 Å². The lowest BCUT2D eigenvalue weighted by atomic mass is 10.1. The molecule has 0 unspecified atom stereocenters. The number of hydrogen-bond donors (Lipinski definition) is 0. The maximum atomic E-state index is 12.9. The molecule has 110 valence electrons. The van der Waals surface area contributed by atoms with Gasteiger partial charge in [0.2, 0.25) is 0 Å². The highest BCUT2D eigenvalue weighted by atomic mass is 35.5. The molecule has 0 aliphatic rings. The van der Waals surface area contributed by atoms with Crippen molar-refractivity contribution in [2.75, 3.05) is 0 Å². The van der Waals surface area contributed by atoms with Crippen molar-refractivity contribution in [2.45, 2.75) is 10.8 Å². The molecule has 0 spiro atoms. The van der Waals surface area contributed by atoms with Gasteiger partial charge >= 0.3 is 10.8 Å². The molecule has 8 heteroatoms. The Labute approximate surface area is 120 Å². The number of allylic oxidation sites excluding steroid dienone is 2. The van der Waals surface area contributed by atoms with Crippen molar-refractivity contribution in [3.63, 3.8) is 0 Å². The van der Waals surface area contributed by atoms with Crippen molar-refractivity contribution in [3.8, 4) is 0 Å². The summed E-state index contributed by atoms with van der Waals surface area (Å²) < 4.78 is 75.1. The van der Waals surface area contributed by atoms with Crippen LogP contribution in [-0.2, 0) is 0 Å². The number of alkyl halides is 6. The molecule has 1 rings (SSSR count). The molecular formula is C12H6Cl2F6.